The normalized spacial score (nSPS) is 20.1. The van der Waals surface area contributed by atoms with Crippen molar-refractivity contribution in [2.75, 3.05) is 33.4 Å². The van der Waals surface area contributed by atoms with E-state index in [9.17, 15) is 0 Å². The maximum Gasteiger partial charge on any atom is 0.144 e. The first-order valence-corrected chi connectivity index (χ1v) is 6.43. The summed E-state index contributed by atoms with van der Waals surface area (Å²) in [6.07, 6.45) is 0.0844. The Morgan fingerprint density at radius 2 is 2.21 bits per heavy atom. The largest absolute Gasteiger partial charge is 0.497 e. The van der Waals surface area contributed by atoms with E-state index in [4.69, 9.17) is 14.3 Å². The summed E-state index contributed by atoms with van der Waals surface area (Å²) in [5, 5.41) is 7.36. The van der Waals surface area contributed by atoms with Gasteiger partial charge >= 0.3 is 0 Å². The highest BCUT2D eigenvalue weighted by Crippen LogP contribution is 2.12. The van der Waals surface area contributed by atoms with Crippen molar-refractivity contribution >= 4 is 5.71 Å². The highest BCUT2D eigenvalue weighted by Gasteiger charge is 2.13. The van der Waals surface area contributed by atoms with Crippen LogP contribution >= 0.6 is 0 Å². The van der Waals surface area contributed by atoms with E-state index in [0.29, 0.717) is 6.61 Å². The Hall–Kier alpha value is -1.59. The fourth-order valence-corrected chi connectivity index (χ4v) is 1.83. The number of hydrogen-bond acceptors (Lipinski definition) is 5. The van der Waals surface area contributed by atoms with Gasteiger partial charge in [-0.25, -0.2) is 0 Å². The van der Waals surface area contributed by atoms with Gasteiger partial charge in [-0.05, 0) is 36.8 Å². The summed E-state index contributed by atoms with van der Waals surface area (Å²) in [5.41, 5.74) is 1.86. The molecule has 0 aliphatic carbocycles. The molecular weight excluding hydrogens is 244 g/mol. The van der Waals surface area contributed by atoms with E-state index in [1.54, 1.807) is 7.11 Å². The van der Waals surface area contributed by atoms with Crippen LogP contribution in [0.3, 0.4) is 0 Å². The summed E-state index contributed by atoms with van der Waals surface area (Å²) in [7, 11) is 1.65. The number of nitrogens with one attached hydrogen (secondary N) is 1. The number of methoxy groups -OCH3 is 1. The first-order chi connectivity index (χ1) is 9.29. The molecule has 0 radical (unpaired) electrons. The van der Waals surface area contributed by atoms with Crippen molar-refractivity contribution in [3.63, 3.8) is 0 Å². The van der Waals surface area contributed by atoms with Crippen molar-refractivity contribution in [3.05, 3.63) is 29.8 Å². The molecule has 0 bridgehead atoms. The second kappa shape index (κ2) is 7.11. The summed E-state index contributed by atoms with van der Waals surface area (Å²) in [4.78, 5) is 5.34. The summed E-state index contributed by atoms with van der Waals surface area (Å²) < 4.78 is 10.6. The average Bonchev–Trinajstić information content (AvgIpc) is 2.48. The fraction of sp³-hybridized carbons (Fsp3) is 0.500. The molecule has 1 aromatic rings. The number of nitrogens with zero attached hydrogens (tertiary/aromatic N) is 1. The first kappa shape index (κ1) is 13.8. The number of hydrogen-bond donors (Lipinski definition) is 1. The molecule has 1 aliphatic heterocycles. The number of ether oxygens (including phenoxy) is 2. The Morgan fingerprint density at radius 1 is 1.42 bits per heavy atom. The molecular formula is C14H20N2O3. The molecule has 19 heavy (non-hydrogen) atoms. The Kier molecular flexibility index (Phi) is 5.18. The van der Waals surface area contributed by atoms with Gasteiger partial charge in [0.1, 0.15) is 18.5 Å². The van der Waals surface area contributed by atoms with Crippen LogP contribution < -0.4 is 10.1 Å². The van der Waals surface area contributed by atoms with Crippen molar-refractivity contribution in [3.8, 4) is 5.75 Å². The van der Waals surface area contributed by atoms with Crippen LogP contribution in [0.4, 0.5) is 0 Å². The van der Waals surface area contributed by atoms with Gasteiger partial charge in [0.2, 0.25) is 0 Å². The molecule has 1 atom stereocenters. The Balaban J connectivity index is 1.83. The maximum atomic E-state index is 5.52. The van der Waals surface area contributed by atoms with Crippen LogP contribution in [-0.4, -0.2) is 45.2 Å². The Labute approximate surface area is 113 Å². The van der Waals surface area contributed by atoms with Gasteiger partial charge in [0.15, 0.2) is 0 Å². The zero-order valence-electron chi connectivity index (χ0n) is 11.4. The third kappa shape index (κ3) is 4.22. The molecule has 104 valence electrons. The number of morpholine rings is 1. The van der Waals surface area contributed by atoms with Gasteiger partial charge in [0.05, 0.1) is 19.4 Å². The van der Waals surface area contributed by atoms with Gasteiger partial charge in [-0.3, -0.25) is 0 Å². The lowest BCUT2D eigenvalue weighted by Gasteiger charge is -2.22. The Morgan fingerprint density at radius 3 is 2.84 bits per heavy atom. The van der Waals surface area contributed by atoms with E-state index in [0.717, 1.165) is 36.7 Å². The zero-order chi connectivity index (χ0) is 13.5. The summed E-state index contributed by atoms with van der Waals surface area (Å²) in [6, 6.07) is 7.73. The molecule has 1 N–H and O–H groups in total. The van der Waals surface area contributed by atoms with E-state index in [-0.39, 0.29) is 6.10 Å². The monoisotopic (exact) mass is 264 g/mol. The maximum absolute atomic E-state index is 5.52. The molecule has 5 nitrogen and oxygen atoms in total. The fourth-order valence-electron chi connectivity index (χ4n) is 1.83. The highest BCUT2D eigenvalue weighted by molar-refractivity contribution is 5.98. The molecule has 1 heterocycles. The van der Waals surface area contributed by atoms with Gasteiger partial charge in [-0.15, -0.1) is 0 Å². The molecule has 1 saturated heterocycles. The molecule has 5 heteroatoms. The first-order valence-electron chi connectivity index (χ1n) is 6.43. The molecule has 2 rings (SSSR count). The third-order valence-electron chi connectivity index (χ3n) is 2.97. The number of rotatable bonds is 5. The summed E-state index contributed by atoms with van der Waals surface area (Å²) >= 11 is 0. The van der Waals surface area contributed by atoms with E-state index >= 15 is 0 Å². The average molecular weight is 264 g/mol. The lowest BCUT2D eigenvalue weighted by Crippen LogP contribution is -2.40. The second-order valence-corrected chi connectivity index (χ2v) is 4.40. The molecule has 1 aliphatic rings. The van der Waals surface area contributed by atoms with Gasteiger partial charge in [-0.2, -0.15) is 0 Å². The molecule has 0 spiro atoms. The second-order valence-electron chi connectivity index (χ2n) is 4.40. The predicted molar refractivity (Wildman–Crippen MR) is 73.8 cm³/mol. The van der Waals surface area contributed by atoms with Gasteiger partial charge in [0, 0.05) is 13.1 Å². The third-order valence-corrected chi connectivity index (χ3v) is 2.97. The molecule has 0 saturated carbocycles. The summed E-state index contributed by atoms with van der Waals surface area (Å²) in [5.74, 6) is 0.833. The Bertz CT molecular complexity index is 411. The van der Waals surface area contributed by atoms with E-state index in [2.05, 4.69) is 10.5 Å². The minimum atomic E-state index is 0.0844. The number of benzene rings is 1. The molecule has 0 amide bonds. The molecule has 1 fully saturated rings. The number of oxime groups is 1. The van der Waals surface area contributed by atoms with Crippen molar-refractivity contribution in [1.29, 1.82) is 0 Å². The van der Waals surface area contributed by atoms with Crippen LogP contribution in [0.25, 0.3) is 0 Å². The van der Waals surface area contributed by atoms with Gasteiger partial charge in [-0.1, -0.05) is 5.16 Å². The van der Waals surface area contributed by atoms with Crippen LogP contribution in [0.5, 0.6) is 5.75 Å². The highest BCUT2D eigenvalue weighted by atomic mass is 16.6. The van der Waals surface area contributed by atoms with Gasteiger partial charge in [0.25, 0.3) is 0 Å². The predicted octanol–water partition coefficient (Wildman–Crippen LogP) is 1.42. The minimum Gasteiger partial charge on any atom is -0.497 e. The van der Waals surface area contributed by atoms with Crippen molar-refractivity contribution in [2.24, 2.45) is 5.16 Å². The summed E-state index contributed by atoms with van der Waals surface area (Å²) in [6.45, 7) is 4.85. The van der Waals surface area contributed by atoms with Crippen LogP contribution in [0.1, 0.15) is 12.5 Å². The van der Waals surface area contributed by atoms with E-state index in [1.165, 1.54) is 0 Å². The van der Waals surface area contributed by atoms with Crippen molar-refractivity contribution in [2.45, 2.75) is 13.0 Å². The van der Waals surface area contributed by atoms with E-state index in [1.807, 2.05) is 31.2 Å². The SMILES string of the molecule is COc1ccc(/C(C)=N/OCC2CNCCO2)cc1. The molecule has 1 unspecified atom stereocenters. The van der Waals surface area contributed by atoms with Gasteiger partial charge < -0.3 is 19.6 Å². The standard InChI is InChI=1S/C14H20N2O3/c1-11(12-3-5-13(17-2)6-4-12)16-19-10-14-9-15-7-8-18-14/h3-6,14-15H,7-10H2,1-2H3/b16-11+. The van der Waals surface area contributed by atoms with Crippen molar-refractivity contribution in [1.82, 2.24) is 5.32 Å². The lowest BCUT2D eigenvalue weighted by atomic mass is 10.1. The van der Waals surface area contributed by atoms with Crippen LogP contribution in [0, 0.1) is 0 Å². The van der Waals surface area contributed by atoms with Crippen molar-refractivity contribution < 1.29 is 14.3 Å². The van der Waals surface area contributed by atoms with Crippen LogP contribution in [-0.2, 0) is 9.57 Å². The topological polar surface area (TPSA) is 52.1 Å². The van der Waals surface area contributed by atoms with Crippen LogP contribution in [0.15, 0.2) is 29.4 Å². The molecule has 0 aromatic heterocycles. The smallest absolute Gasteiger partial charge is 0.144 e. The quantitative estimate of drug-likeness (QED) is 0.645. The lowest BCUT2D eigenvalue weighted by molar-refractivity contribution is -0.0302. The molecule has 1 aromatic carbocycles. The van der Waals surface area contributed by atoms with Crippen LogP contribution in [0.2, 0.25) is 0 Å². The minimum absolute atomic E-state index is 0.0844. The van der Waals surface area contributed by atoms with E-state index < -0.39 is 0 Å². The zero-order valence-corrected chi connectivity index (χ0v) is 11.4.